The zero-order chi connectivity index (χ0) is 18.1. The van der Waals surface area contributed by atoms with Gasteiger partial charge in [0.2, 0.25) is 5.82 Å². The highest BCUT2D eigenvalue weighted by atomic mass is 35.5. The fraction of sp³-hybridized carbons (Fsp3) is 0.550. The summed E-state index contributed by atoms with van der Waals surface area (Å²) in [4.78, 5) is 17.4. The number of benzene rings is 1. The largest absolute Gasteiger partial charge is 0.346 e. The predicted octanol–water partition coefficient (Wildman–Crippen LogP) is 2.89. The molecule has 4 rings (SSSR count). The molecular formula is C20H28ClN5O. The van der Waals surface area contributed by atoms with Gasteiger partial charge in [0, 0.05) is 18.5 Å². The molecule has 2 aliphatic carbocycles. The minimum absolute atomic E-state index is 0. The molecule has 1 amide bonds. The number of halogens is 1. The van der Waals surface area contributed by atoms with E-state index in [1.807, 2.05) is 37.3 Å². The summed E-state index contributed by atoms with van der Waals surface area (Å²) in [6.07, 6.45) is 6.29. The number of aryl methyl sites for hydroxylation is 1. The quantitative estimate of drug-likeness (QED) is 0.841. The molecule has 2 fully saturated rings. The van der Waals surface area contributed by atoms with Crippen molar-refractivity contribution in [2.24, 2.45) is 17.6 Å². The third-order valence-corrected chi connectivity index (χ3v) is 5.87. The summed E-state index contributed by atoms with van der Waals surface area (Å²) in [7, 11) is 0. The number of nitrogens with one attached hydrogen (secondary N) is 1. The van der Waals surface area contributed by atoms with E-state index >= 15 is 0 Å². The van der Waals surface area contributed by atoms with Crippen LogP contribution in [-0.2, 0) is 6.42 Å². The molecule has 6 nitrogen and oxygen atoms in total. The van der Waals surface area contributed by atoms with E-state index in [1.54, 1.807) is 4.68 Å². The van der Waals surface area contributed by atoms with Crippen LogP contribution in [0.1, 0.15) is 55.5 Å². The van der Waals surface area contributed by atoms with Gasteiger partial charge in [-0.2, -0.15) is 0 Å². The van der Waals surface area contributed by atoms with Crippen LogP contribution in [0.25, 0.3) is 5.69 Å². The van der Waals surface area contributed by atoms with Crippen molar-refractivity contribution in [2.75, 3.05) is 0 Å². The summed E-state index contributed by atoms with van der Waals surface area (Å²) in [6, 6.07) is 10.3. The van der Waals surface area contributed by atoms with Gasteiger partial charge in [0.1, 0.15) is 5.82 Å². The summed E-state index contributed by atoms with van der Waals surface area (Å²) >= 11 is 0. The molecular weight excluding hydrogens is 362 g/mol. The second-order valence-corrected chi connectivity index (χ2v) is 7.63. The van der Waals surface area contributed by atoms with E-state index in [1.165, 1.54) is 6.42 Å². The van der Waals surface area contributed by atoms with E-state index in [9.17, 15) is 4.79 Å². The molecule has 146 valence electrons. The highest BCUT2D eigenvalue weighted by Crippen LogP contribution is 2.39. The number of nitrogens with zero attached hydrogens (tertiary/aromatic N) is 3. The Morgan fingerprint density at radius 3 is 2.52 bits per heavy atom. The lowest BCUT2D eigenvalue weighted by molar-refractivity contribution is 0.0747. The molecule has 1 aromatic heterocycles. The van der Waals surface area contributed by atoms with Gasteiger partial charge in [-0.1, -0.05) is 31.5 Å². The number of amides is 1. The molecule has 1 heterocycles. The molecule has 0 radical (unpaired) electrons. The highest BCUT2D eigenvalue weighted by Gasteiger charge is 2.40. The molecule has 2 aliphatic rings. The van der Waals surface area contributed by atoms with Crippen molar-refractivity contribution in [2.45, 2.75) is 57.5 Å². The van der Waals surface area contributed by atoms with Crippen LogP contribution in [0.5, 0.6) is 0 Å². The first-order valence-corrected chi connectivity index (χ1v) is 9.73. The number of fused-ring (bicyclic) bond motifs is 2. The Morgan fingerprint density at radius 2 is 1.89 bits per heavy atom. The van der Waals surface area contributed by atoms with E-state index in [4.69, 9.17) is 5.73 Å². The van der Waals surface area contributed by atoms with Crippen LogP contribution < -0.4 is 11.1 Å². The van der Waals surface area contributed by atoms with Crippen molar-refractivity contribution in [1.29, 1.82) is 0 Å². The summed E-state index contributed by atoms with van der Waals surface area (Å²) in [5.74, 6) is 1.88. The van der Waals surface area contributed by atoms with Crippen LogP contribution in [0.4, 0.5) is 0 Å². The lowest BCUT2D eigenvalue weighted by Crippen LogP contribution is -2.53. The minimum atomic E-state index is -0.160. The van der Waals surface area contributed by atoms with Crippen LogP contribution in [0, 0.1) is 11.8 Å². The fourth-order valence-corrected chi connectivity index (χ4v) is 4.69. The van der Waals surface area contributed by atoms with Gasteiger partial charge in [0.25, 0.3) is 5.91 Å². The van der Waals surface area contributed by atoms with E-state index in [0.29, 0.717) is 11.8 Å². The molecule has 3 N–H and O–H groups in total. The molecule has 7 heteroatoms. The smallest absolute Gasteiger partial charge is 0.291 e. The maximum Gasteiger partial charge on any atom is 0.291 e. The Balaban J connectivity index is 0.00000210. The van der Waals surface area contributed by atoms with E-state index < -0.39 is 0 Å². The van der Waals surface area contributed by atoms with Crippen LogP contribution in [0.3, 0.4) is 0 Å². The molecule has 0 spiro atoms. The lowest BCUT2D eigenvalue weighted by atomic mass is 9.67. The summed E-state index contributed by atoms with van der Waals surface area (Å²) < 4.78 is 1.77. The molecule has 2 saturated carbocycles. The number of rotatable bonds is 4. The van der Waals surface area contributed by atoms with Crippen molar-refractivity contribution in [1.82, 2.24) is 20.1 Å². The van der Waals surface area contributed by atoms with Gasteiger partial charge in [-0.15, -0.1) is 17.5 Å². The Kier molecular flexibility index (Phi) is 6.17. The van der Waals surface area contributed by atoms with Crippen molar-refractivity contribution >= 4 is 18.3 Å². The number of para-hydroxylation sites is 1. The van der Waals surface area contributed by atoms with Crippen molar-refractivity contribution in [3.05, 3.63) is 42.0 Å². The fourth-order valence-electron chi connectivity index (χ4n) is 4.69. The zero-order valence-corrected chi connectivity index (χ0v) is 16.5. The number of hydrogen-bond donors (Lipinski definition) is 2. The summed E-state index contributed by atoms with van der Waals surface area (Å²) in [5, 5.41) is 7.74. The van der Waals surface area contributed by atoms with Crippen LogP contribution in [-0.4, -0.2) is 32.8 Å². The van der Waals surface area contributed by atoms with Gasteiger partial charge in [0.05, 0.1) is 5.69 Å². The number of aromatic nitrogens is 3. The summed E-state index contributed by atoms with van der Waals surface area (Å²) in [6.45, 7) is 2.03. The molecule has 0 aliphatic heterocycles. The van der Waals surface area contributed by atoms with Crippen molar-refractivity contribution < 1.29 is 4.79 Å². The molecule has 2 bridgehead atoms. The molecule has 27 heavy (non-hydrogen) atoms. The molecule has 2 aromatic rings. The second kappa shape index (κ2) is 8.40. The Bertz CT molecular complexity index is 764. The Hall–Kier alpha value is -1.92. The first-order valence-electron chi connectivity index (χ1n) is 9.73. The number of nitrogens with two attached hydrogens (primary N) is 1. The maximum absolute atomic E-state index is 12.9. The zero-order valence-electron chi connectivity index (χ0n) is 15.7. The van der Waals surface area contributed by atoms with Gasteiger partial charge < -0.3 is 11.1 Å². The van der Waals surface area contributed by atoms with Gasteiger partial charge in [-0.05, 0) is 49.7 Å². The number of carbonyl (C=O) groups is 1. The number of carbonyl (C=O) groups excluding carboxylic acids is 1. The highest BCUT2D eigenvalue weighted by molar-refractivity contribution is 5.90. The van der Waals surface area contributed by atoms with Crippen LogP contribution in [0.15, 0.2) is 30.3 Å². The average Bonchev–Trinajstić information content (AvgIpc) is 3.08. The SMILES string of the molecule is CCc1nc(C(=O)NC2C3CCCC2CC(N)C3)nn1-c1ccccc1.Cl. The van der Waals surface area contributed by atoms with Gasteiger partial charge >= 0.3 is 0 Å². The predicted molar refractivity (Wildman–Crippen MR) is 107 cm³/mol. The maximum atomic E-state index is 12.9. The molecule has 1 aromatic carbocycles. The molecule has 0 saturated heterocycles. The minimum Gasteiger partial charge on any atom is -0.346 e. The number of hydrogen-bond acceptors (Lipinski definition) is 4. The Morgan fingerprint density at radius 1 is 1.22 bits per heavy atom. The van der Waals surface area contributed by atoms with Crippen molar-refractivity contribution in [3.8, 4) is 5.69 Å². The normalized spacial score (nSPS) is 26.9. The van der Waals surface area contributed by atoms with Gasteiger partial charge in [0.15, 0.2) is 0 Å². The standard InChI is InChI=1S/C20H27N5O.ClH/c1-2-17-22-19(24-25(17)16-9-4-3-5-10-16)20(26)23-18-13-7-6-8-14(18)12-15(21)11-13;/h3-5,9-10,13-15,18H,2,6-8,11-12,21H2,1H3,(H,23,26);1H. The Labute approximate surface area is 166 Å². The molecule has 2 atom stereocenters. The monoisotopic (exact) mass is 389 g/mol. The second-order valence-electron chi connectivity index (χ2n) is 7.63. The van der Waals surface area contributed by atoms with E-state index in [-0.39, 0.29) is 36.2 Å². The van der Waals surface area contributed by atoms with E-state index in [2.05, 4.69) is 15.4 Å². The van der Waals surface area contributed by atoms with Crippen molar-refractivity contribution in [3.63, 3.8) is 0 Å². The van der Waals surface area contributed by atoms with Crippen LogP contribution >= 0.6 is 12.4 Å². The topological polar surface area (TPSA) is 85.8 Å². The van der Waals surface area contributed by atoms with Gasteiger partial charge in [-0.3, -0.25) is 4.79 Å². The average molecular weight is 390 g/mol. The van der Waals surface area contributed by atoms with Gasteiger partial charge in [-0.25, -0.2) is 9.67 Å². The first-order chi connectivity index (χ1) is 12.7. The van der Waals surface area contributed by atoms with Crippen LogP contribution in [0.2, 0.25) is 0 Å². The first kappa shape index (κ1) is 19.8. The lowest BCUT2D eigenvalue weighted by Gasteiger charge is -2.45. The third kappa shape index (κ3) is 4.01. The summed E-state index contributed by atoms with van der Waals surface area (Å²) in [5.41, 5.74) is 7.12. The molecule has 2 unspecified atom stereocenters. The van der Waals surface area contributed by atoms with E-state index in [0.717, 1.165) is 43.6 Å². The third-order valence-electron chi connectivity index (χ3n) is 5.87.